The van der Waals surface area contributed by atoms with Crippen LogP contribution in [0.2, 0.25) is 0 Å². The highest BCUT2D eigenvalue weighted by Gasteiger charge is 2.04. The number of carbonyl (C=O) groups excluding carboxylic acids is 2. The Labute approximate surface area is 196 Å². The van der Waals surface area contributed by atoms with Crippen molar-refractivity contribution in [1.82, 2.24) is 10.6 Å². The van der Waals surface area contributed by atoms with Gasteiger partial charge in [0.15, 0.2) is 13.2 Å². The van der Waals surface area contributed by atoms with E-state index in [-0.39, 0.29) is 25.0 Å². The topological polar surface area (TPSA) is 101 Å². The molecule has 0 aliphatic carbocycles. The fourth-order valence-electron chi connectivity index (χ4n) is 2.60. The predicted molar refractivity (Wildman–Crippen MR) is 129 cm³/mol. The minimum atomic E-state index is -0.183. The number of nitrogens with zero attached hydrogens (tertiary/aromatic N) is 2. The highest BCUT2D eigenvalue weighted by molar-refractivity contribution is 7.12. The van der Waals surface area contributed by atoms with Crippen LogP contribution in [0.15, 0.2) is 45.3 Å². The van der Waals surface area contributed by atoms with E-state index in [2.05, 4.69) is 20.9 Å². The third-order valence-electron chi connectivity index (χ3n) is 4.30. The number of nitrogens with one attached hydrogen (secondary N) is 2. The Bertz CT molecular complexity index is 792. The van der Waals surface area contributed by atoms with E-state index < -0.39 is 0 Å². The van der Waals surface area contributed by atoms with Gasteiger partial charge in [-0.15, -0.1) is 22.7 Å². The quantitative estimate of drug-likeness (QED) is 0.231. The van der Waals surface area contributed by atoms with Crippen molar-refractivity contribution in [2.75, 3.05) is 26.3 Å². The first-order valence-corrected chi connectivity index (χ1v) is 12.3. The molecule has 10 heteroatoms. The van der Waals surface area contributed by atoms with Crippen LogP contribution in [0.25, 0.3) is 0 Å². The molecule has 2 N–H and O–H groups in total. The van der Waals surface area contributed by atoms with Crippen LogP contribution in [0, 0.1) is 0 Å². The van der Waals surface area contributed by atoms with Gasteiger partial charge in [-0.05, 0) is 49.6 Å². The number of carbonyl (C=O) groups is 2. The number of thiophene rings is 2. The molecule has 8 nitrogen and oxygen atoms in total. The summed E-state index contributed by atoms with van der Waals surface area (Å²) in [6, 6.07) is 7.79. The van der Waals surface area contributed by atoms with Crippen molar-refractivity contribution < 1.29 is 19.3 Å². The van der Waals surface area contributed by atoms with E-state index in [0.717, 1.165) is 46.9 Å². The molecule has 2 aromatic heterocycles. The van der Waals surface area contributed by atoms with Crippen molar-refractivity contribution >= 4 is 45.9 Å². The molecule has 0 radical (unpaired) electrons. The lowest BCUT2D eigenvalue weighted by atomic mass is 10.2. The van der Waals surface area contributed by atoms with Crippen LogP contribution in [0.1, 0.15) is 49.3 Å². The molecule has 0 saturated heterocycles. The molecule has 2 amide bonds. The van der Waals surface area contributed by atoms with E-state index in [0.29, 0.717) is 13.1 Å². The second-order valence-corrected chi connectivity index (χ2v) is 8.86. The lowest BCUT2D eigenvalue weighted by Crippen LogP contribution is -2.28. The van der Waals surface area contributed by atoms with Gasteiger partial charge in [0, 0.05) is 13.1 Å². The van der Waals surface area contributed by atoms with Crippen LogP contribution in [0.3, 0.4) is 0 Å². The van der Waals surface area contributed by atoms with Crippen molar-refractivity contribution in [3.63, 3.8) is 0 Å². The maximum absolute atomic E-state index is 11.7. The first-order valence-electron chi connectivity index (χ1n) is 10.5. The first-order chi connectivity index (χ1) is 15.6. The van der Waals surface area contributed by atoms with Gasteiger partial charge in [-0.25, -0.2) is 0 Å². The van der Waals surface area contributed by atoms with Crippen molar-refractivity contribution in [1.29, 1.82) is 0 Å². The van der Waals surface area contributed by atoms with E-state index in [1.54, 1.807) is 22.7 Å². The Morgan fingerprint density at radius 1 is 0.781 bits per heavy atom. The number of hydrogen-bond acceptors (Lipinski definition) is 8. The van der Waals surface area contributed by atoms with Crippen molar-refractivity contribution in [3.8, 4) is 0 Å². The Morgan fingerprint density at radius 2 is 1.22 bits per heavy atom. The molecule has 0 aliphatic heterocycles. The summed E-state index contributed by atoms with van der Waals surface area (Å²) in [5.41, 5.74) is 1.51. The second kappa shape index (κ2) is 15.1. The summed E-state index contributed by atoms with van der Waals surface area (Å²) in [5.74, 6) is -0.367. The van der Waals surface area contributed by atoms with Gasteiger partial charge in [-0.2, -0.15) is 0 Å². The number of unbranched alkanes of at least 4 members (excludes halogenated alkanes) is 3. The van der Waals surface area contributed by atoms with Crippen LogP contribution < -0.4 is 10.6 Å². The third-order valence-corrected chi connectivity index (χ3v) is 6.25. The van der Waals surface area contributed by atoms with Gasteiger partial charge in [-0.3, -0.25) is 9.59 Å². The second-order valence-electron chi connectivity index (χ2n) is 6.97. The van der Waals surface area contributed by atoms with E-state index in [1.165, 1.54) is 0 Å². The normalized spacial score (nSPS) is 11.8. The van der Waals surface area contributed by atoms with Crippen molar-refractivity contribution in [3.05, 3.63) is 44.8 Å². The molecule has 0 unspecified atom stereocenters. The van der Waals surface area contributed by atoms with Gasteiger partial charge >= 0.3 is 0 Å². The van der Waals surface area contributed by atoms with E-state index >= 15 is 0 Å². The van der Waals surface area contributed by atoms with Gasteiger partial charge in [-0.1, -0.05) is 35.3 Å². The smallest absolute Gasteiger partial charge is 0.260 e. The largest absolute Gasteiger partial charge is 0.385 e. The van der Waals surface area contributed by atoms with E-state index in [1.807, 2.05) is 48.9 Å². The van der Waals surface area contributed by atoms with E-state index in [9.17, 15) is 9.59 Å². The zero-order chi connectivity index (χ0) is 23.0. The zero-order valence-electron chi connectivity index (χ0n) is 18.5. The number of oxime groups is 2. The molecule has 2 aromatic rings. The average Bonchev–Trinajstić information content (AvgIpc) is 3.50. The minimum Gasteiger partial charge on any atom is -0.385 e. The molecule has 174 valence electrons. The summed E-state index contributed by atoms with van der Waals surface area (Å²) in [4.78, 5) is 35.7. The van der Waals surface area contributed by atoms with Crippen LogP contribution in [0.5, 0.6) is 0 Å². The molecular weight excluding hydrogens is 448 g/mol. The first kappa shape index (κ1) is 25.5. The molecule has 0 bridgehead atoms. The maximum atomic E-state index is 11.7. The van der Waals surface area contributed by atoms with Crippen molar-refractivity contribution in [2.45, 2.75) is 39.5 Å². The van der Waals surface area contributed by atoms with Gasteiger partial charge < -0.3 is 20.3 Å². The van der Waals surface area contributed by atoms with Crippen LogP contribution >= 0.6 is 22.7 Å². The predicted octanol–water partition coefficient (Wildman–Crippen LogP) is 3.78. The van der Waals surface area contributed by atoms with Gasteiger partial charge in [0.05, 0.1) is 21.2 Å². The number of rotatable bonds is 15. The Kier molecular flexibility index (Phi) is 12.1. The molecule has 0 spiro atoms. The molecular formula is C22H30N4O4S2. The molecule has 0 aromatic carbocycles. The molecule has 32 heavy (non-hydrogen) atoms. The summed E-state index contributed by atoms with van der Waals surface area (Å²) >= 11 is 3.15. The summed E-state index contributed by atoms with van der Waals surface area (Å²) in [5, 5.41) is 17.5. The third kappa shape index (κ3) is 10.5. The Balaban J connectivity index is 1.41. The highest BCUT2D eigenvalue weighted by atomic mass is 32.1. The summed E-state index contributed by atoms with van der Waals surface area (Å²) in [7, 11) is 0. The van der Waals surface area contributed by atoms with Gasteiger partial charge in [0.1, 0.15) is 0 Å². The minimum absolute atomic E-state index is 0.0896. The monoisotopic (exact) mass is 478 g/mol. The van der Waals surface area contributed by atoms with Crippen LogP contribution in [-0.4, -0.2) is 49.5 Å². The highest BCUT2D eigenvalue weighted by Crippen LogP contribution is 2.10. The zero-order valence-corrected chi connectivity index (χ0v) is 20.1. The average molecular weight is 479 g/mol. The standard InChI is InChI=1S/C22H30N4O4S2/c1-17(19-9-7-13-31-19)25-29-15-21(27)23-11-5-3-4-6-12-24-22(28)16-30-26-18(2)20-10-8-14-32-20/h7-10,13-14H,3-6,11-12,15-16H2,1-2H3,(H,23,27)(H,24,28)/b25-17-,26-18-. The molecule has 2 rings (SSSR count). The fourth-order valence-corrected chi connectivity index (χ4v) is 3.93. The number of hydrogen-bond donors (Lipinski definition) is 2. The Hall–Kier alpha value is -2.72. The molecule has 2 heterocycles. The summed E-state index contributed by atoms with van der Waals surface area (Å²) in [6.07, 6.45) is 3.68. The molecule has 0 fully saturated rings. The lowest BCUT2D eigenvalue weighted by Gasteiger charge is -2.06. The molecule has 0 aliphatic rings. The maximum Gasteiger partial charge on any atom is 0.260 e. The summed E-state index contributed by atoms with van der Waals surface area (Å²) < 4.78 is 0. The fraction of sp³-hybridized carbons (Fsp3) is 0.455. The molecule has 0 atom stereocenters. The number of amides is 2. The van der Waals surface area contributed by atoms with Crippen LogP contribution in [0.4, 0.5) is 0 Å². The Morgan fingerprint density at radius 3 is 1.59 bits per heavy atom. The van der Waals surface area contributed by atoms with Gasteiger partial charge in [0.2, 0.25) is 0 Å². The summed E-state index contributed by atoms with van der Waals surface area (Å²) in [6.45, 7) is 4.71. The SMILES string of the molecule is C/C(=N/OCC(=O)NCCCCCCNC(=O)CO/N=C(/C)c1cccs1)c1cccs1. The lowest BCUT2D eigenvalue weighted by molar-refractivity contribution is -0.126. The van der Waals surface area contributed by atoms with Gasteiger partial charge in [0.25, 0.3) is 11.8 Å². The van der Waals surface area contributed by atoms with Crippen LogP contribution in [-0.2, 0) is 19.3 Å². The molecule has 0 saturated carbocycles. The van der Waals surface area contributed by atoms with E-state index in [4.69, 9.17) is 9.68 Å². The van der Waals surface area contributed by atoms with Crippen molar-refractivity contribution in [2.24, 2.45) is 10.3 Å².